The third-order valence-corrected chi connectivity index (χ3v) is 5.60. The highest BCUT2D eigenvalue weighted by Crippen LogP contribution is 2.48. The van der Waals surface area contributed by atoms with Gasteiger partial charge in [-0.2, -0.15) is 0 Å². The maximum atomic E-state index is 12.8. The topological polar surface area (TPSA) is 40.5 Å². The lowest BCUT2D eigenvalue weighted by Gasteiger charge is -2.36. The summed E-state index contributed by atoms with van der Waals surface area (Å²) in [6.07, 6.45) is 2.76. The first kappa shape index (κ1) is 15.4. The fraction of sp³-hybridized carbons (Fsp3) is 0.500. The van der Waals surface area contributed by atoms with Crippen LogP contribution in [0.25, 0.3) is 10.9 Å². The summed E-state index contributed by atoms with van der Waals surface area (Å²) in [7, 11) is 0. The van der Waals surface area contributed by atoms with Crippen molar-refractivity contribution in [2.45, 2.75) is 37.8 Å². The lowest BCUT2D eigenvalue weighted by molar-refractivity contribution is -0.164. The Bertz CT molecular complexity index is 796. The van der Waals surface area contributed by atoms with Gasteiger partial charge in [0.05, 0.1) is 23.6 Å². The lowest BCUT2D eigenvalue weighted by Crippen LogP contribution is -2.40. The highest BCUT2D eigenvalue weighted by molar-refractivity contribution is 9.09. The second-order valence-electron chi connectivity index (χ2n) is 7.32. The van der Waals surface area contributed by atoms with Gasteiger partial charge in [0.2, 0.25) is 11.7 Å². The van der Waals surface area contributed by atoms with E-state index in [0.29, 0.717) is 13.2 Å². The third-order valence-electron chi connectivity index (χ3n) is 4.67. The summed E-state index contributed by atoms with van der Waals surface area (Å²) >= 11 is 3.75. The van der Waals surface area contributed by atoms with Crippen molar-refractivity contribution in [3.63, 3.8) is 0 Å². The summed E-state index contributed by atoms with van der Waals surface area (Å²) in [6.45, 7) is 7.03. The molecule has 4 rings (SSSR count). The van der Waals surface area contributed by atoms with Crippen molar-refractivity contribution >= 4 is 32.7 Å². The van der Waals surface area contributed by atoms with Gasteiger partial charge < -0.3 is 9.47 Å². The molecule has 23 heavy (non-hydrogen) atoms. The molecule has 1 aliphatic carbocycles. The summed E-state index contributed by atoms with van der Waals surface area (Å²) in [6, 6.07) is 6.03. The van der Waals surface area contributed by atoms with Gasteiger partial charge in [-0.25, -0.2) is 0 Å². The quantitative estimate of drug-likeness (QED) is 0.654. The van der Waals surface area contributed by atoms with Gasteiger partial charge in [0.25, 0.3) is 0 Å². The zero-order valence-electron chi connectivity index (χ0n) is 13.6. The minimum Gasteiger partial charge on any atom is -0.343 e. The summed E-state index contributed by atoms with van der Waals surface area (Å²) < 4.78 is 13.8. The average molecular weight is 378 g/mol. The molecule has 1 aromatic heterocycles. The Morgan fingerprint density at radius 2 is 2.00 bits per heavy atom. The molecule has 1 spiro atoms. The number of alkyl halides is 1. The number of nitrogens with zero attached hydrogens (tertiary/aromatic N) is 1. The van der Waals surface area contributed by atoms with Crippen molar-refractivity contribution in [2.24, 2.45) is 5.41 Å². The average Bonchev–Trinajstić information content (AvgIpc) is 3.10. The number of ether oxygens (including phenoxy) is 2. The van der Waals surface area contributed by atoms with Crippen LogP contribution >= 0.6 is 15.9 Å². The van der Waals surface area contributed by atoms with Crippen LogP contribution in [-0.4, -0.2) is 28.5 Å². The molecule has 2 aliphatic rings. The zero-order chi connectivity index (χ0) is 16.4. The number of carbonyl (C=O) groups excluding carboxylic acids is 1. The van der Waals surface area contributed by atoms with Crippen LogP contribution in [0.3, 0.4) is 0 Å². The van der Waals surface area contributed by atoms with Crippen molar-refractivity contribution in [3.8, 4) is 0 Å². The number of hydrogen-bond donors (Lipinski definition) is 0. The molecule has 0 bridgehead atoms. The Morgan fingerprint density at radius 1 is 1.30 bits per heavy atom. The molecule has 0 radical (unpaired) electrons. The largest absolute Gasteiger partial charge is 0.343 e. The minimum atomic E-state index is -0.733. The zero-order valence-corrected chi connectivity index (χ0v) is 15.1. The second kappa shape index (κ2) is 4.91. The standard InChI is InChI=1S/C18H20BrNO3/c1-17(2,3)16(21)20-10-11-9-14(19)18(22-7-8-23-18)12-5-4-6-13(20)15(11)12/h4-6,10,14H,7-9H2,1-3H3. The Kier molecular flexibility index (Phi) is 3.28. The normalized spacial score (nSPS) is 22.9. The second-order valence-corrected chi connectivity index (χ2v) is 8.42. The summed E-state index contributed by atoms with van der Waals surface area (Å²) in [4.78, 5) is 12.9. The van der Waals surface area contributed by atoms with Crippen LogP contribution in [0.4, 0.5) is 0 Å². The van der Waals surface area contributed by atoms with Gasteiger partial charge in [-0.15, -0.1) is 0 Å². The molecule has 1 saturated heterocycles. The molecule has 0 N–H and O–H groups in total. The number of benzene rings is 1. The van der Waals surface area contributed by atoms with Crippen LogP contribution in [0.1, 0.15) is 36.7 Å². The number of halogens is 1. The fourth-order valence-corrected chi connectivity index (χ4v) is 4.46. The minimum absolute atomic E-state index is 0.0381. The van der Waals surface area contributed by atoms with E-state index in [2.05, 4.69) is 22.0 Å². The van der Waals surface area contributed by atoms with E-state index in [1.165, 1.54) is 5.56 Å². The number of fused-ring (bicyclic) bond motifs is 1. The Balaban J connectivity index is 1.98. The van der Waals surface area contributed by atoms with E-state index in [1.807, 2.05) is 39.1 Å². The van der Waals surface area contributed by atoms with E-state index in [1.54, 1.807) is 4.57 Å². The summed E-state index contributed by atoms with van der Waals surface area (Å²) in [5.74, 6) is -0.634. The van der Waals surface area contributed by atoms with E-state index in [9.17, 15) is 4.79 Å². The van der Waals surface area contributed by atoms with E-state index in [4.69, 9.17) is 9.47 Å². The van der Waals surface area contributed by atoms with Crippen molar-refractivity contribution in [1.82, 2.24) is 4.57 Å². The lowest BCUT2D eigenvalue weighted by atomic mass is 9.87. The monoisotopic (exact) mass is 377 g/mol. The maximum absolute atomic E-state index is 12.8. The fourth-order valence-electron chi connectivity index (χ4n) is 3.60. The Morgan fingerprint density at radius 3 is 2.65 bits per heavy atom. The van der Waals surface area contributed by atoms with E-state index in [0.717, 1.165) is 22.9 Å². The molecular formula is C18H20BrNO3. The molecule has 1 aliphatic heterocycles. The molecule has 0 saturated carbocycles. The van der Waals surface area contributed by atoms with Crippen LogP contribution in [0.2, 0.25) is 0 Å². The van der Waals surface area contributed by atoms with Crippen LogP contribution in [0, 0.1) is 5.41 Å². The van der Waals surface area contributed by atoms with E-state index >= 15 is 0 Å². The maximum Gasteiger partial charge on any atom is 0.236 e. The van der Waals surface area contributed by atoms with Crippen LogP contribution < -0.4 is 0 Å². The van der Waals surface area contributed by atoms with Crippen molar-refractivity contribution < 1.29 is 14.3 Å². The highest BCUT2D eigenvalue weighted by Gasteiger charge is 2.49. The number of rotatable bonds is 0. The van der Waals surface area contributed by atoms with Gasteiger partial charge >= 0.3 is 0 Å². The summed E-state index contributed by atoms with van der Waals surface area (Å²) in [5.41, 5.74) is 2.70. The van der Waals surface area contributed by atoms with E-state index < -0.39 is 11.2 Å². The molecule has 1 atom stereocenters. The SMILES string of the molecule is CC(C)(C)C(=O)n1cc2c3c(cccc31)C1(OCCO1)C(Br)C2. The summed E-state index contributed by atoms with van der Waals surface area (Å²) in [5, 5.41) is 1.10. The molecule has 2 heterocycles. The van der Waals surface area contributed by atoms with Gasteiger partial charge in [0, 0.05) is 22.6 Å². The van der Waals surface area contributed by atoms with Gasteiger partial charge in [0.15, 0.2) is 0 Å². The molecule has 1 aromatic carbocycles. The molecule has 1 fully saturated rings. The smallest absolute Gasteiger partial charge is 0.236 e. The number of hydrogen-bond acceptors (Lipinski definition) is 3. The van der Waals surface area contributed by atoms with Crippen molar-refractivity contribution in [2.75, 3.05) is 13.2 Å². The van der Waals surface area contributed by atoms with Crippen LogP contribution in [0.15, 0.2) is 24.4 Å². The Labute approximate surface area is 143 Å². The predicted octanol–water partition coefficient (Wildman–Crippen LogP) is 3.85. The molecule has 0 amide bonds. The first-order chi connectivity index (χ1) is 10.8. The molecular weight excluding hydrogens is 358 g/mol. The third kappa shape index (κ3) is 2.06. The molecule has 4 nitrogen and oxygen atoms in total. The molecule has 2 aromatic rings. The molecule has 1 unspecified atom stereocenters. The van der Waals surface area contributed by atoms with Crippen LogP contribution in [-0.2, 0) is 21.7 Å². The predicted molar refractivity (Wildman–Crippen MR) is 92.0 cm³/mol. The number of aromatic nitrogens is 1. The van der Waals surface area contributed by atoms with Gasteiger partial charge in [-0.1, -0.05) is 48.8 Å². The molecule has 5 heteroatoms. The number of carbonyl (C=O) groups is 1. The molecule has 122 valence electrons. The highest BCUT2D eigenvalue weighted by atomic mass is 79.9. The van der Waals surface area contributed by atoms with Gasteiger partial charge in [-0.3, -0.25) is 9.36 Å². The van der Waals surface area contributed by atoms with Crippen molar-refractivity contribution in [3.05, 3.63) is 35.5 Å². The van der Waals surface area contributed by atoms with Crippen LogP contribution in [0.5, 0.6) is 0 Å². The van der Waals surface area contributed by atoms with Gasteiger partial charge in [0.1, 0.15) is 0 Å². The first-order valence-corrected chi connectivity index (χ1v) is 8.86. The van der Waals surface area contributed by atoms with E-state index in [-0.39, 0.29) is 10.7 Å². The van der Waals surface area contributed by atoms with Gasteiger partial charge in [-0.05, 0) is 18.1 Å². The van der Waals surface area contributed by atoms with Crippen molar-refractivity contribution in [1.29, 1.82) is 0 Å². The Hall–Kier alpha value is -1.17. The first-order valence-electron chi connectivity index (χ1n) is 7.95.